The molecular weight excluding hydrogens is 284 g/mol. The Balaban J connectivity index is 1.84. The molecule has 0 amide bonds. The summed E-state index contributed by atoms with van der Waals surface area (Å²) >= 11 is 0. The van der Waals surface area contributed by atoms with Crippen molar-refractivity contribution in [1.82, 2.24) is 0 Å². The van der Waals surface area contributed by atoms with Gasteiger partial charge < -0.3 is 5.11 Å². The molecule has 0 atom stereocenters. The molecule has 2 aliphatic carbocycles. The van der Waals surface area contributed by atoms with Gasteiger partial charge in [-0.2, -0.15) is 0 Å². The van der Waals surface area contributed by atoms with E-state index < -0.39 is 11.4 Å². The van der Waals surface area contributed by atoms with Gasteiger partial charge in [-0.25, -0.2) is 0 Å². The lowest BCUT2D eigenvalue weighted by Crippen LogP contribution is -2.43. The van der Waals surface area contributed by atoms with Crippen molar-refractivity contribution in [1.29, 1.82) is 0 Å². The van der Waals surface area contributed by atoms with Crippen molar-refractivity contribution in [3.05, 3.63) is 35.4 Å². The maximum absolute atomic E-state index is 11.9. The van der Waals surface area contributed by atoms with Crippen LogP contribution in [0.2, 0.25) is 0 Å². The summed E-state index contributed by atoms with van der Waals surface area (Å²) in [6.45, 7) is 7.04. The highest BCUT2D eigenvalue weighted by Crippen LogP contribution is 2.49. The van der Waals surface area contributed by atoms with Gasteiger partial charge in [-0.1, -0.05) is 51.5 Å². The number of aliphatic carboxylic acids is 1. The third kappa shape index (κ3) is 2.93. The van der Waals surface area contributed by atoms with E-state index in [0.717, 1.165) is 30.7 Å². The number of rotatable bonds is 3. The molecule has 1 aromatic rings. The summed E-state index contributed by atoms with van der Waals surface area (Å²) in [5.41, 5.74) is 2.22. The first-order valence-electron chi connectivity index (χ1n) is 9.17. The van der Waals surface area contributed by atoms with E-state index in [1.165, 1.54) is 31.2 Å². The van der Waals surface area contributed by atoms with Crippen LogP contribution in [0.1, 0.15) is 82.8 Å². The van der Waals surface area contributed by atoms with E-state index in [0.29, 0.717) is 11.3 Å². The van der Waals surface area contributed by atoms with Gasteiger partial charge in [-0.05, 0) is 66.9 Å². The first-order valence-corrected chi connectivity index (χ1v) is 9.17. The molecule has 0 saturated heterocycles. The smallest absolute Gasteiger partial charge is 0.314 e. The van der Waals surface area contributed by atoms with Crippen molar-refractivity contribution in [3.63, 3.8) is 0 Å². The van der Waals surface area contributed by atoms with Gasteiger partial charge in [0.2, 0.25) is 0 Å². The van der Waals surface area contributed by atoms with Crippen LogP contribution in [-0.2, 0) is 10.2 Å². The molecule has 0 heterocycles. The molecule has 3 rings (SSSR count). The molecule has 0 radical (unpaired) electrons. The standard InChI is InChI=1S/C21H30O2/c1-20(2,3)16-11-9-15(10-12-16)17-7-4-5-8-18(17)21(19(22)23)13-6-14-21/h4-5,7-8,15-16H,6,9-14H2,1-3H3,(H,22,23). The lowest BCUT2D eigenvalue weighted by molar-refractivity contribution is -0.147. The van der Waals surface area contributed by atoms with Gasteiger partial charge >= 0.3 is 5.97 Å². The second kappa shape index (κ2) is 5.96. The van der Waals surface area contributed by atoms with E-state index in [9.17, 15) is 9.90 Å². The zero-order valence-corrected chi connectivity index (χ0v) is 14.8. The van der Waals surface area contributed by atoms with Crippen LogP contribution >= 0.6 is 0 Å². The predicted octanol–water partition coefficient (Wildman–Crippen LogP) is 5.51. The second-order valence-corrected chi connectivity index (χ2v) is 8.74. The van der Waals surface area contributed by atoms with E-state index in [-0.39, 0.29) is 0 Å². The topological polar surface area (TPSA) is 37.3 Å². The van der Waals surface area contributed by atoms with Crippen molar-refractivity contribution in [2.24, 2.45) is 11.3 Å². The van der Waals surface area contributed by atoms with Crippen LogP contribution < -0.4 is 0 Å². The monoisotopic (exact) mass is 314 g/mol. The number of carboxylic acids is 1. The van der Waals surface area contributed by atoms with E-state index in [4.69, 9.17) is 0 Å². The fraction of sp³-hybridized carbons (Fsp3) is 0.667. The average Bonchev–Trinajstić information content (AvgIpc) is 2.45. The Labute approximate surface area is 140 Å². The summed E-state index contributed by atoms with van der Waals surface area (Å²) in [5.74, 6) is 0.712. The van der Waals surface area contributed by atoms with Gasteiger partial charge in [-0.15, -0.1) is 0 Å². The fourth-order valence-electron chi connectivity index (χ4n) is 4.69. The Hall–Kier alpha value is -1.31. The van der Waals surface area contributed by atoms with Crippen LogP contribution in [0.4, 0.5) is 0 Å². The van der Waals surface area contributed by atoms with Gasteiger partial charge in [0, 0.05) is 0 Å². The number of hydrogen-bond acceptors (Lipinski definition) is 1. The molecule has 2 fully saturated rings. The molecule has 2 aliphatic rings. The Morgan fingerprint density at radius 3 is 2.17 bits per heavy atom. The van der Waals surface area contributed by atoms with E-state index in [1.54, 1.807) is 0 Å². The summed E-state index contributed by atoms with van der Waals surface area (Å²) in [4.78, 5) is 11.9. The molecular formula is C21H30O2. The highest BCUT2D eigenvalue weighted by molar-refractivity contribution is 5.83. The normalized spacial score (nSPS) is 27.3. The summed E-state index contributed by atoms with van der Waals surface area (Å²) in [6.07, 6.45) is 7.58. The van der Waals surface area contributed by atoms with Crippen molar-refractivity contribution in [2.75, 3.05) is 0 Å². The number of carboxylic acid groups (broad SMARTS) is 1. The second-order valence-electron chi connectivity index (χ2n) is 8.74. The summed E-state index contributed by atoms with van der Waals surface area (Å²) in [7, 11) is 0. The largest absolute Gasteiger partial charge is 0.481 e. The molecule has 0 spiro atoms. The van der Waals surface area contributed by atoms with Gasteiger partial charge in [0.05, 0.1) is 5.41 Å². The van der Waals surface area contributed by atoms with Crippen molar-refractivity contribution < 1.29 is 9.90 Å². The molecule has 0 bridgehead atoms. The van der Waals surface area contributed by atoms with E-state index >= 15 is 0 Å². The molecule has 2 nitrogen and oxygen atoms in total. The highest BCUT2D eigenvalue weighted by atomic mass is 16.4. The lowest BCUT2D eigenvalue weighted by Gasteiger charge is -2.42. The van der Waals surface area contributed by atoms with Gasteiger partial charge in [-0.3, -0.25) is 4.79 Å². The van der Waals surface area contributed by atoms with Crippen molar-refractivity contribution >= 4 is 5.97 Å². The molecule has 2 heteroatoms. The number of benzene rings is 1. The maximum Gasteiger partial charge on any atom is 0.314 e. The third-order valence-corrected chi connectivity index (χ3v) is 6.48. The van der Waals surface area contributed by atoms with Crippen LogP contribution in [-0.4, -0.2) is 11.1 Å². The highest BCUT2D eigenvalue weighted by Gasteiger charge is 2.47. The van der Waals surface area contributed by atoms with E-state index in [1.807, 2.05) is 6.07 Å². The van der Waals surface area contributed by atoms with Gasteiger partial charge in [0.25, 0.3) is 0 Å². The summed E-state index contributed by atoms with van der Waals surface area (Å²) in [6, 6.07) is 8.38. The zero-order valence-electron chi connectivity index (χ0n) is 14.8. The van der Waals surface area contributed by atoms with Gasteiger partial charge in [0.1, 0.15) is 0 Å². The summed E-state index contributed by atoms with van der Waals surface area (Å²) in [5, 5.41) is 9.81. The first kappa shape index (κ1) is 16.5. The summed E-state index contributed by atoms with van der Waals surface area (Å²) < 4.78 is 0. The SMILES string of the molecule is CC(C)(C)C1CCC(c2ccccc2C2(C(=O)O)CCC2)CC1. The van der Waals surface area contributed by atoms with Crippen LogP contribution in [0.3, 0.4) is 0 Å². The number of carbonyl (C=O) groups is 1. The zero-order chi connectivity index (χ0) is 16.7. The lowest BCUT2D eigenvalue weighted by atomic mass is 9.61. The first-order chi connectivity index (χ1) is 10.8. The van der Waals surface area contributed by atoms with Crippen molar-refractivity contribution in [2.45, 2.75) is 77.0 Å². The molecule has 0 aromatic heterocycles. The van der Waals surface area contributed by atoms with Crippen molar-refractivity contribution in [3.8, 4) is 0 Å². The Kier molecular flexibility index (Phi) is 4.29. The minimum Gasteiger partial charge on any atom is -0.481 e. The minimum absolute atomic E-state index is 0.390. The van der Waals surface area contributed by atoms with Gasteiger partial charge in [0.15, 0.2) is 0 Å². The van der Waals surface area contributed by atoms with Crippen LogP contribution in [0.5, 0.6) is 0 Å². The number of hydrogen-bond donors (Lipinski definition) is 1. The fourth-order valence-corrected chi connectivity index (χ4v) is 4.69. The predicted molar refractivity (Wildman–Crippen MR) is 93.8 cm³/mol. The molecule has 126 valence electrons. The quantitative estimate of drug-likeness (QED) is 0.798. The molecule has 23 heavy (non-hydrogen) atoms. The molecule has 2 saturated carbocycles. The minimum atomic E-state index is -0.625. The van der Waals surface area contributed by atoms with Crippen LogP contribution in [0.15, 0.2) is 24.3 Å². The third-order valence-electron chi connectivity index (χ3n) is 6.48. The Morgan fingerprint density at radius 1 is 1.09 bits per heavy atom. The molecule has 1 aromatic carbocycles. The van der Waals surface area contributed by atoms with Crippen LogP contribution in [0, 0.1) is 11.3 Å². The van der Waals surface area contributed by atoms with Crippen LogP contribution in [0.25, 0.3) is 0 Å². The average molecular weight is 314 g/mol. The molecule has 1 N–H and O–H groups in total. The Bertz CT molecular complexity index is 570. The maximum atomic E-state index is 11.9. The van der Waals surface area contributed by atoms with E-state index in [2.05, 4.69) is 39.0 Å². The Morgan fingerprint density at radius 2 is 1.70 bits per heavy atom. The molecule has 0 aliphatic heterocycles. The molecule has 0 unspecified atom stereocenters.